The third-order valence-corrected chi connectivity index (χ3v) is 5.05. The van der Waals surface area contributed by atoms with Crippen LogP contribution in [0.5, 0.6) is 0 Å². The minimum absolute atomic E-state index is 0.00592. The number of hydrogen-bond donors (Lipinski definition) is 1. The molecule has 0 aromatic heterocycles. The summed E-state index contributed by atoms with van der Waals surface area (Å²) >= 11 is 1.77. The van der Waals surface area contributed by atoms with E-state index in [1.807, 2.05) is 12.1 Å². The van der Waals surface area contributed by atoms with Gasteiger partial charge >= 0.3 is 0 Å². The van der Waals surface area contributed by atoms with E-state index >= 15 is 0 Å². The first-order valence-electron chi connectivity index (χ1n) is 7.47. The number of nitrogens with two attached hydrogens (primary N) is 1. The standard InChI is InChI=1S/C16H27FN2S/c1-4-15(18)16(13-9-7-8-10-14(13)17)20-12-11-19(5-2)6-3/h7-10,15-16H,4-6,11-12,18H2,1-3H3. The first-order chi connectivity index (χ1) is 9.63. The molecule has 0 aliphatic rings. The maximum atomic E-state index is 14.0. The van der Waals surface area contributed by atoms with Crippen molar-refractivity contribution in [2.24, 2.45) is 5.73 Å². The van der Waals surface area contributed by atoms with Gasteiger partial charge < -0.3 is 10.6 Å². The predicted octanol–water partition coefficient (Wildman–Crippen LogP) is 3.68. The Balaban J connectivity index is 2.69. The first kappa shape index (κ1) is 17.5. The lowest BCUT2D eigenvalue weighted by molar-refractivity contribution is 0.323. The fourth-order valence-corrected chi connectivity index (χ4v) is 3.64. The number of nitrogens with zero attached hydrogens (tertiary/aromatic N) is 1. The molecule has 114 valence electrons. The molecule has 0 amide bonds. The lowest BCUT2D eigenvalue weighted by Gasteiger charge is -2.25. The Morgan fingerprint density at radius 1 is 1.20 bits per heavy atom. The second kappa shape index (κ2) is 9.37. The molecule has 1 aromatic rings. The van der Waals surface area contributed by atoms with E-state index in [0.717, 1.165) is 37.4 Å². The van der Waals surface area contributed by atoms with Crippen LogP contribution in [0.25, 0.3) is 0 Å². The van der Waals surface area contributed by atoms with Crippen LogP contribution in [-0.4, -0.2) is 36.3 Å². The molecule has 0 aliphatic carbocycles. The molecule has 2 unspecified atom stereocenters. The molecule has 0 fully saturated rings. The average molecular weight is 298 g/mol. The van der Waals surface area contributed by atoms with Gasteiger partial charge in [-0.15, -0.1) is 0 Å². The first-order valence-corrected chi connectivity index (χ1v) is 8.52. The van der Waals surface area contributed by atoms with Crippen molar-refractivity contribution in [1.29, 1.82) is 0 Å². The van der Waals surface area contributed by atoms with Gasteiger partial charge in [0.25, 0.3) is 0 Å². The fourth-order valence-electron chi connectivity index (χ4n) is 2.21. The lowest BCUT2D eigenvalue weighted by Crippen LogP contribution is -2.29. The van der Waals surface area contributed by atoms with Crippen molar-refractivity contribution in [3.8, 4) is 0 Å². The third-order valence-electron chi connectivity index (χ3n) is 3.67. The second-order valence-electron chi connectivity index (χ2n) is 4.91. The Kier molecular flexibility index (Phi) is 8.19. The number of benzene rings is 1. The molecule has 0 bridgehead atoms. The van der Waals surface area contributed by atoms with Gasteiger partial charge in [0.2, 0.25) is 0 Å². The summed E-state index contributed by atoms with van der Waals surface area (Å²) in [5, 5.41) is 0.0387. The zero-order valence-electron chi connectivity index (χ0n) is 12.8. The molecule has 0 heterocycles. The summed E-state index contributed by atoms with van der Waals surface area (Å²) in [6.07, 6.45) is 0.858. The molecule has 0 saturated heterocycles. The highest BCUT2D eigenvalue weighted by Gasteiger charge is 2.21. The van der Waals surface area contributed by atoms with Gasteiger partial charge in [0.1, 0.15) is 5.82 Å². The number of halogens is 1. The van der Waals surface area contributed by atoms with Crippen molar-refractivity contribution >= 4 is 11.8 Å². The summed E-state index contributed by atoms with van der Waals surface area (Å²) in [6.45, 7) is 9.53. The Hall–Kier alpha value is -0.580. The maximum absolute atomic E-state index is 14.0. The van der Waals surface area contributed by atoms with Gasteiger partial charge in [0.05, 0.1) is 0 Å². The van der Waals surface area contributed by atoms with Gasteiger partial charge in [-0.25, -0.2) is 4.39 Å². The average Bonchev–Trinajstić information content (AvgIpc) is 2.48. The van der Waals surface area contributed by atoms with Crippen molar-refractivity contribution < 1.29 is 4.39 Å². The van der Waals surface area contributed by atoms with Crippen LogP contribution in [0.15, 0.2) is 24.3 Å². The molecule has 0 aliphatic heterocycles. The minimum Gasteiger partial charge on any atom is -0.326 e. The molecular weight excluding hydrogens is 271 g/mol. The normalized spacial score (nSPS) is 14.5. The van der Waals surface area contributed by atoms with Gasteiger partial charge in [-0.2, -0.15) is 11.8 Å². The summed E-state index contributed by atoms with van der Waals surface area (Å²) < 4.78 is 14.0. The van der Waals surface area contributed by atoms with E-state index in [9.17, 15) is 4.39 Å². The van der Waals surface area contributed by atoms with E-state index in [-0.39, 0.29) is 17.1 Å². The lowest BCUT2D eigenvalue weighted by atomic mass is 10.0. The largest absolute Gasteiger partial charge is 0.326 e. The van der Waals surface area contributed by atoms with E-state index in [1.54, 1.807) is 17.8 Å². The highest BCUT2D eigenvalue weighted by molar-refractivity contribution is 7.99. The summed E-state index contributed by atoms with van der Waals surface area (Å²) in [5.74, 6) is 0.839. The van der Waals surface area contributed by atoms with Gasteiger partial charge in [0.15, 0.2) is 0 Å². The second-order valence-corrected chi connectivity index (χ2v) is 6.16. The molecule has 4 heteroatoms. The Labute approximate surface area is 126 Å². The molecule has 0 spiro atoms. The molecule has 0 saturated carbocycles. The number of hydrogen-bond acceptors (Lipinski definition) is 3. The molecule has 2 atom stereocenters. The predicted molar refractivity (Wildman–Crippen MR) is 87.7 cm³/mol. The Morgan fingerprint density at radius 2 is 1.85 bits per heavy atom. The van der Waals surface area contributed by atoms with E-state index in [1.165, 1.54) is 6.07 Å². The van der Waals surface area contributed by atoms with E-state index in [0.29, 0.717) is 0 Å². The summed E-state index contributed by atoms with van der Waals surface area (Å²) in [7, 11) is 0. The summed E-state index contributed by atoms with van der Waals surface area (Å²) in [4.78, 5) is 2.38. The van der Waals surface area contributed by atoms with Crippen LogP contribution in [0.1, 0.15) is 38.0 Å². The van der Waals surface area contributed by atoms with Crippen molar-refractivity contribution in [3.63, 3.8) is 0 Å². The Bertz CT molecular complexity index is 382. The molecule has 2 nitrogen and oxygen atoms in total. The molecule has 20 heavy (non-hydrogen) atoms. The van der Waals surface area contributed by atoms with Gasteiger partial charge in [-0.3, -0.25) is 0 Å². The van der Waals surface area contributed by atoms with Crippen molar-refractivity contribution in [2.45, 2.75) is 38.5 Å². The zero-order chi connectivity index (χ0) is 15.0. The molecule has 1 rings (SSSR count). The molecule has 0 radical (unpaired) electrons. The Morgan fingerprint density at radius 3 is 2.40 bits per heavy atom. The van der Waals surface area contributed by atoms with Gasteiger partial charge in [-0.1, -0.05) is 39.0 Å². The SMILES string of the molecule is CCC(N)C(SCCN(CC)CC)c1ccccc1F. The maximum Gasteiger partial charge on any atom is 0.127 e. The van der Waals surface area contributed by atoms with Crippen LogP contribution in [0.3, 0.4) is 0 Å². The monoisotopic (exact) mass is 298 g/mol. The van der Waals surface area contributed by atoms with Crippen molar-refractivity contribution in [2.75, 3.05) is 25.4 Å². The van der Waals surface area contributed by atoms with E-state index in [2.05, 4.69) is 25.7 Å². The van der Waals surface area contributed by atoms with Crippen LogP contribution in [-0.2, 0) is 0 Å². The minimum atomic E-state index is -0.142. The van der Waals surface area contributed by atoms with Crippen LogP contribution < -0.4 is 5.73 Å². The third kappa shape index (κ3) is 5.08. The quantitative estimate of drug-likeness (QED) is 0.754. The summed E-state index contributed by atoms with van der Waals surface area (Å²) in [6, 6.07) is 7.00. The van der Waals surface area contributed by atoms with E-state index in [4.69, 9.17) is 5.73 Å². The molecular formula is C16H27FN2S. The van der Waals surface area contributed by atoms with Gasteiger partial charge in [-0.05, 0) is 25.6 Å². The highest BCUT2D eigenvalue weighted by Crippen LogP contribution is 2.34. The number of rotatable bonds is 9. The topological polar surface area (TPSA) is 29.3 Å². The van der Waals surface area contributed by atoms with Crippen LogP contribution in [0.2, 0.25) is 0 Å². The fraction of sp³-hybridized carbons (Fsp3) is 0.625. The van der Waals surface area contributed by atoms with Crippen LogP contribution in [0.4, 0.5) is 4.39 Å². The van der Waals surface area contributed by atoms with E-state index < -0.39 is 0 Å². The smallest absolute Gasteiger partial charge is 0.127 e. The number of thioether (sulfide) groups is 1. The summed E-state index contributed by atoms with van der Waals surface area (Å²) in [5.41, 5.74) is 6.94. The van der Waals surface area contributed by atoms with Gasteiger partial charge in [0, 0.05) is 29.2 Å². The van der Waals surface area contributed by atoms with Crippen LogP contribution >= 0.6 is 11.8 Å². The molecule has 1 aromatic carbocycles. The van der Waals surface area contributed by atoms with Crippen LogP contribution in [0, 0.1) is 5.82 Å². The van der Waals surface area contributed by atoms with Crippen molar-refractivity contribution in [1.82, 2.24) is 4.90 Å². The zero-order valence-corrected chi connectivity index (χ0v) is 13.6. The highest BCUT2D eigenvalue weighted by atomic mass is 32.2. The van der Waals surface area contributed by atoms with Crippen molar-refractivity contribution in [3.05, 3.63) is 35.6 Å². The molecule has 2 N–H and O–H groups in total.